The quantitative estimate of drug-likeness (QED) is 0.868. The van der Waals surface area contributed by atoms with Gasteiger partial charge in [-0.25, -0.2) is 4.39 Å². The third-order valence-electron chi connectivity index (χ3n) is 3.10. The Bertz CT molecular complexity index is 574. The third kappa shape index (κ3) is 3.56. The van der Waals surface area contributed by atoms with E-state index in [4.69, 9.17) is 17.3 Å². The van der Waals surface area contributed by atoms with Crippen molar-refractivity contribution in [3.8, 4) is 0 Å². The lowest BCUT2D eigenvalue weighted by Gasteiger charge is -2.17. The molecule has 0 saturated heterocycles. The SMILES string of the molecule is NCC(Cc1cc(Br)ccc1F)c1ccccc1Cl. The van der Waals surface area contributed by atoms with E-state index in [1.54, 1.807) is 12.1 Å². The molecule has 0 bridgehead atoms. The van der Waals surface area contributed by atoms with E-state index in [1.165, 1.54) is 6.07 Å². The summed E-state index contributed by atoms with van der Waals surface area (Å²) in [5, 5.41) is 0.674. The molecule has 0 heterocycles. The number of benzene rings is 2. The Hall–Kier alpha value is -0.900. The molecule has 2 rings (SSSR count). The summed E-state index contributed by atoms with van der Waals surface area (Å²) in [5.74, 6) is -0.203. The summed E-state index contributed by atoms with van der Waals surface area (Å²) >= 11 is 9.53. The highest BCUT2D eigenvalue weighted by molar-refractivity contribution is 9.10. The van der Waals surface area contributed by atoms with Crippen LogP contribution in [0.1, 0.15) is 17.0 Å². The van der Waals surface area contributed by atoms with Crippen molar-refractivity contribution in [2.75, 3.05) is 6.54 Å². The van der Waals surface area contributed by atoms with Gasteiger partial charge in [-0.1, -0.05) is 45.7 Å². The van der Waals surface area contributed by atoms with Crippen LogP contribution in [0.3, 0.4) is 0 Å². The Morgan fingerprint density at radius 2 is 1.95 bits per heavy atom. The molecule has 0 aliphatic carbocycles. The Balaban J connectivity index is 2.29. The molecule has 1 unspecified atom stereocenters. The second kappa shape index (κ2) is 6.51. The molecule has 100 valence electrons. The van der Waals surface area contributed by atoms with Crippen LogP contribution in [0.5, 0.6) is 0 Å². The smallest absolute Gasteiger partial charge is 0.126 e. The van der Waals surface area contributed by atoms with E-state index in [2.05, 4.69) is 15.9 Å². The molecule has 0 aliphatic rings. The molecule has 4 heteroatoms. The fourth-order valence-electron chi connectivity index (χ4n) is 2.09. The van der Waals surface area contributed by atoms with Crippen LogP contribution in [-0.4, -0.2) is 6.54 Å². The zero-order valence-corrected chi connectivity index (χ0v) is 12.6. The first-order valence-corrected chi connectivity index (χ1v) is 7.17. The van der Waals surface area contributed by atoms with Gasteiger partial charge in [-0.15, -0.1) is 0 Å². The fourth-order valence-corrected chi connectivity index (χ4v) is 2.79. The average Bonchev–Trinajstić information content (AvgIpc) is 2.41. The first-order chi connectivity index (χ1) is 9.11. The van der Waals surface area contributed by atoms with Crippen LogP contribution in [0, 0.1) is 5.82 Å². The third-order valence-corrected chi connectivity index (χ3v) is 3.94. The number of nitrogens with two attached hydrogens (primary N) is 1. The molecule has 0 saturated carbocycles. The zero-order valence-electron chi connectivity index (χ0n) is 10.2. The number of hydrogen-bond donors (Lipinski definition) is 1. The summed E-state index contributed by atoms with van der Waals surface area (Å²) in [6.07, 6.45) is 0.533. The minimum Gasteiger partial charge on any atom is -0.330 e. The van der Waals surface area contributed by atoms with Crippen LogP contribution in [-0.2, 0) is 6.42 Å². The lowest BCUT2D eigenvalue weighted by Crippen LogP contribution is -2.16. The molecule has 0 radical (unpaired) electrons. The second-order valence-electron chi connectivity index (χ2n) is 4.39. The van der Waals surface area contributed by atoms with Crippen LogP contribution in [0.15, 0.2) is 46.9 Å². The maximum absolute atomic E-state index is 13.8. The summed E-state index contributed by atoms with van der Waals surface area (Å²) in [5.41, 5.74) is 7.42. The van der Waals surface area contributed by atoms with Gasteiger partial charge in [0, 0.05) is 15.4 Å². The second-order valence-corrected chi connectivity index (χ2v) is 5.72. The topological polar surface area (TPSA) is 26.0 Å². The van der Waals surface area contributed by atoms with Crippen molar-refractivity contribution in [3.05, 3.63) is 68.9 Å². The van der Waals surface area contributed by atoms with Crippen LogP contribution in [0.4, 0.5) is 4.39 Å². The van der Waals surface area contributed by atoms with E-state index >= 15 is 0 Å². The van der Waals surface area contributed by atoms with Gasteiger partial charge in [-0.05, 0) is 48.4 Å². The molecule has 0 fully saturated rings. The van der Waals surface area contributed by atoms with Gasteiger partial charge in [0.1, 0.15) is 5.82 Å². The zero-order chi connectivity index (χ0) is 13.8. The molecule has 0 aromatic heterocycles. The summed E-state index contributed by atoms with van der Waals surface area (Å²) < 4.78 is 14.6. The van der Waals surface area contributed by atoms with Crippen LogP contribution >= 0.6 is 27.5 Å². The van der Waals surface area contributed by atoms with Gasteiger partial charge in [0.05, 0.1) is 0 Å². The molecular weight excluding hydrogens is 329 g/mol. The van der Waals surface area contributed by atoms with Crippen molar-refractivity contribution in [2.24, 2.45) is 5.73 Å². The molecule has 2 aromatic carbocycles. The van der Waals surface area contributed by atoms with E-state index in [0.29, 0.717) is 23.6 Å². The average molecular weight is 343 g/mol. The van der Waals surface area contributed by atoms with E-state index in [-0.39, 0.29) is 11.7 Å². The van der Waals surface area contributed by atoms with Crippen LogP contribution in [0.25, 0.3) is 0 Å². The van der Waals surface area contributed by atoms with Crippen molar-refractivity contribution in [2.45, 2.75) is 12.3 Å². The first-order valence-electron chi connectivity index (χ1n) is 6.00. The van der Waals surface area contributed by atoms with E-state index in [0.717, 1.165) is 10.0 Å². The number of rotatable bonds is 4. The first kappa shape index (κ1) is 14.5. The molecule has 1 nitrogen and oxygen atoms in total. The fraction of sp³-hybridized carbons (Fsp3) is 0.200. The van der Waals surface area contributed by atoms with Crippen molar-refractivity contribution in [1.29, 1.82) is 0 Å². The van der Waals surface area contributed by atoms with Crippen LogP contribution in [0.2, 0.25) is 5.02 Å². The van der Waals surface area contributed by atoms with E-state index in [9.17, 15) is 4.39 Å². The van der Waals surface area contributed by atoms with Gasteiger partial charge in [0.15, 0.2) is 0 Å². The lowest BCUT2D eigenvalue weighted by atomic mass is 9.92. The highest BCUT2D eigenvalue weighted by Crippen LogP contribution is 2.28. The molecule has 0 spiro atoms. The minimum atomic E-state index is -0.214. The largest absolute Gasteiger partial charge is 0.330 e. The van der Waals surface area contributed by atoms with Gasteiger partial charge in [0.25, 0.3) is 0 Å². The molecule has 19 heavy (non-hydrogen) atoms. The highest BCUT2D eigenvalue weighted by Gasteiger charge is 2.15. The molecular formula is C15H14BrClFN. The van der Waals surface area contributed by atoms with Crippen LogP contribution < -0.4 is 5.73 Å². The monoisotopic (exact) mass is 341 g/mol. The van der Waals surface area contributed by atoms with Gasteiger partial charge in [0.2, 0.25) is 0 Å². The standard InChI is InChI=1S/C15H14BrClFN/c16-12-5-6-15(18)10(8-12)7-11(9-19)13-3-1-2-4-14(13)17/h1-6,8,11H,7,9,19H2. The molecule has 0 amide bonds. The summed E-state index contributed by atoms with van der Waals surface area (Å²) in [7, 11) is 0. The Morgan fingerprint density at radius 3 is 2.63 bits per heavy atom. The van der Waals surface area contributed by atoms with Crippen molar-refractivity contribution in [3.63, 3.8) is 0 Å². The van der Waals surface area contributed by atoms with Crippen molar-refractivity contribution in [1.82, 2.24) is 0 Å². The Morgan fingerprint density at radius 1 is 1.21 bits per heavy atom. The maximum Gasteiger partial charge on any atom is 0.126 e. The molecule has 0 aliphatic heterocycles. The molecule has 1 atom stereocenters. The summed E-state index contributed by atoms with van der Waals surface area (Å²) in [6.45, 7) is 0.426. The normalized spacial score (nSPS) is 12.4. The van der Waals surface area contributed by atoms with Crippen molar-refractivity contribution >= 4 is 27.5 Å². The minimum absolute atomic E-state index is 0.0116. The highest BCUT2D eigenvalue weighted by atomic mass is 79.9. The van der Waals surface area contributed by atoms with Gasteiger partial charge in [-0.2, -0.15) is 0 Å². The van der Waals surface area contributed by atoms with E-state index in [1.807, 2.05) is 24.3 Å². The molecule has 2 aromatic rings. The number of halogens is 3. The lowest BCUT2D eigenvalue weighted by molar-refractivity contribution is 0.590. The van der Waals surface area contributed by atoms with Gasteiger partial charge >= 0.3 is 0 Å². The van der Waals surface area contributed by atoms with Gasteiger partial charge < -0.3 is 5.73 Å². The van der Waals surface area contributed by atoms with Gasteiger partial charge in [-0.3, -0.25) is 0 Å². The Kier molecular flexibility index (Phi) is 4.97. The Labute approximate surface area is 125 Å². The summed E-state index contributed by atoms with van der Waals surface area (Å²) in [4.78, 5) is 0. The summed E-state index contributed by atoms with van der Waals surface area (Å²) in [6, 6.07) is 12.5. The number of hydrogen-bond acceptors (Lipinski definition) is 1. The van der Waals surface area contributed by atoms with Crippen molar-refractivity contribution < 1.29 is 4.39 Å². The van der Waals surface area contributed by atoms with E-state index < -0.39 is 0 Å². The predicted octanol–water partition coefficient (Wildman–Crippen LogP) is 4.53. The molecule has 2 N–H and O–H groups in total. The predicted molar refractivity (Wildman–Crippen MR) is 81.1 cm³/mol. The maximum atomic E-state index is 13.8.